The van der Waals surface area contributed by atoms with E-state index in [1.165, 1.54) is 24.4 Å². The minimum Gasteiger partial charge on any atom is -0.336 e. The Morgan fingerprint density at radius 1 is 1.44 bits per heavy atom. The van der Waals surface area contributed by atoms with Crippen LogP contribution in [-0.4, -0.2) is 45.6 Å². The maximum atomic E-state index is 12.1. The van der Waals surface area contributed by atoms with Crippen molar-refractivity contribution in [3.05, 3.63) is 11.1 Å². The Morgan fingerprint density at radius 3 is 3.12 bits per heavy atom. The number of nitrogens with one attached hydrogen (secondary N) is 1. The van der Waals surface area contributed by atoms with Gasteiger partial charge >= 0.3 is 0 Å². The zero-order chi connectivity index (χ0) is 11.0. The molecule has 2 atom stereocenters. The number of hydrogen-bond donors (Lipinski definition) is 1. The second-order valence-electron chi connectivity index (χ2n) is 4.46. The molecule has 1 amide bonds. The van der Waals surface area contributed by atoms with Crippen molar-refractivity contribution in [1.82, 2.24) is 19.8 Å². The van der Waals surface area contributed by atoms with Gasteiger partial charge in [0.05, 0.1) is 6.20 Å². The van der Waals surface area contributed by atoms with Crippen LogP contribution >= 0.6 is 11.5 Å². The molecule has 0 aliphatic carbocycles. The Kier molecular flexibility index (Phi) is 2.61. The summed E-state index contributed by atoms with van der Waals surface area (Å²) >= 11 is 1.18. The molecule has 0 radical (unpaired) electrons. The Bertz CT molecular complexity index is 380. The maximum Gasteiger partial charge on any atom is 0.267 e. The third kappa shape index (κ3) is 1.82. The number of rotatable bonds is 1. The lowest BCUT2D eigenvalue weighted by Gasteiger charge is -2.23. The highest BCUT2D eigenvalue weighted by Crippen LogP contribution is 2.21. The molecule has 3 rings (SSSR count). The molecule has 5 nitrogen and oxygen atoms in total. The van der Waals surface area contributed by atoms with Crippen LogP contribution in [0.25, 0.3) is 0 Å². The molecule has 1 aromatic heterocycles. The van der Waals surface area contributed by atoms with Crippen molar-refractivity contribution in [2.75, 3.05) is 13.1 Å². The van der Waals surface area contributed by atoms with Crippen LogP contribution in [0.5, 0.6) is 0 Å². The molecule has 16 heavy (non-hydrogen) atoms. The van der Waals surface area contributed by atoms with Crippen LogP contribution in [0.2, 0.25) is 0 Å². The fraction of sp³-hybridized carbons (Fsp3) is 0.700. The number of amides is 1. The highest BCUT2D eigenvalue weighted by Gasteiger charge is 2.31. The molecule has 3 heterocycles. The van der Waals surface area contributed by atoms with Crippen molar-refractivity contribution in [2.24, 2.45) is 0 Å². The third-order valence-corrected chi connectivity index (χ3v) is 4.04. The molecular weight excluding hydrogens is 224 g/mol. The molecule has 2 aliphatic heterocycles. The standard InChI is InChI=1S/C10H14N4OS/c15-10(9-5-11-13-16-9)14-4-3-7-1-2-8(6-14)12-7/h5,7-8,12H,1-4,6H2. The van der Waals surface area contributed by atoms with Gasteiger partial charge in [-0.1, -0.05) is 4.49 Å². The van der Waals surface area contributed by atoms with Crippen LogP contribution in [0.4, 0.5) is 0 Å². The lowest BCUT2D eigenvalue weighted by molar-refractivity contribution is 0.0753. The van der Waals surface area contributed by atoms with Gasteiger partial charge < -0.3 is 10.2 Å². The molecule has 2 unspecified atom stereocenters. The van der Waals surface area contributed by atoms with Gasteiger partial charge in [0, 0.05) is 25.2 Å². The van der Waals surface area contributed by atoms with E-state index in [0.717, 1.165) is 19.5 Å². The summed E-state index contributed by atoms with van der Waals surface area (Å²) in [5, 5.41) is 7.28. The second kappa shape index (κ2) is 4.10. The monoisotopic (exact) mass is 238 g/mol. The summed E-state index contributed by atoms with van der Waals surface area (Å²) in [5.74, 6) is 0.0874. The van der Waals surface area contributed by atoms with E-state index in [1.54, 1.807) is 6.20 Å². The number of aromatic nitrogens is 2. The predicted molar refractivity (Wildman–Crippen MR) is 60.4 cm³/mol. The highest BCUT2D eigenvalue weighted by atomic mass is 32.1. The van der Waals surface area contributed by atoms with Crippen LogP contribution in [0.1, 0.15) is 28.9 Å². The van der Waals surface area contributed by atoms with E-state index in [-0.39, 0.29) is 5.91 Å². The van der Waals surface area contributed by atoms with Crippen molar-refractivity contribution < 1.29 is 4.79 Å². The SMILES string of the molecule is O=C(c1cnns1)N1CCC2CCC(C1)N2. The maximum absolute atomic E-state index is 12.1. The molecule has 2 fully saturated rings. The van der Waals surface area contributed by atoms with E-state index in [2.05, 4.69) is 14.9 Å². The van der Waals surface area contributed by atoms with Crippen molar-refractivity contribution in [2.45, 2.75) is 31.3 Å². The molecule has 0 saturated carbocycles. The summed E-state index contributed by atoms with van der Waals surface area (Å²) in [4.78, 5) is 14.7. The summed E-state index contributed by atoms with van der Waals surface area (Å²) in [6.45, 7) is 1.68. The zero-order valence-electron chi connectivity index (χ0n) is 8.93. The summed E-state index contributed by atoms with van der Waals surface area (Å²) in [5.41, 5.74) is 0. The topological polar surface area (TPSA) is 58.1 Å². The first-order valence-electron chi connectivity index (χ1n) is 5.65. The average molecular weight is 238 g/mol. The summed E-state index contributed by atoms with van der Waals surface area (Å²) < 4.78 is 3.74. The van der Waals surface area contributed by atoms with Crippen LogP contribution < -0.4 is 5.32 Å². The number of hydrogen-bond acceptors (Lipinski definition) is 5. The van der Waals surface area contributed by atoms with Crippen LogP contribution in [-0.2, 0) is 0 Å². The van der Waals surface area contributed by atoms with Crippen LogP contribution in [0, 0.1) is 0 Å². The average Bonchev–Trinajstić information content (AvgIpc) is 2.87. The normalized spacial score (nSPS) is 29.1. The van der Waals surface area contributed by atoms with Crippen molar-refractivity contribution >= 4 is 17.4 Å². The van der Waals surface area contributed by atoms with E-state index in [1.807, 2.05) is 4.90 Å². The van der Waals surface area contributed by atoms with Gasteiger partial charge in [0.2, 0.25) is 0 Å². The molecular formula is C10H14N4OS. The Hall–Kier alpha value is -1.01. The molecule has 1 N–H and O–H groups in total. The number of fused-ring (bicyclic) bond motifs is 2. The number of carbonyl (C=O) groups is 1. The molecule has 6 heteroatoms. The zero-order valence-corrected chi connectivity index (χ0v) is 9.74. The minimum absolute atomic E-state index is 0.0874. The molecule has 2 saturated heterocycles. The highest BCUT2D eigenvalue weighted by molar-refractivity contribution is 7.07. The van der Waals surface area contributed by atoms with Crippen molar-refractivity contribution in [1.29, 1.82) is 0 Å². The summed E-state index contributed by atoms with van der Waals surface area (Å²) in [7, 11) is 0. The lowest BCUT2D eigenvalue weighted by Crippen LogP contribution is -2.38. The Balaban J connectivity index is 1.73. The molecule has 2 bridgehead atoms. The van der Waals surface area contributed by atoms with Gasteiger partial charge in [-0.3, -0.25) is 4.79 Å². The molecule has 0 aromatic carbocycles. The fourth-order valence-corrected chi connectivity index (χ4v) is 3.03. The van der Waals surface area contributed by atoms with Crippen LogP contribution in [0.15, 0.2) is 6.20 Å². The van der Waals surface area contributed by atoms with E-state index in [4.69, 9.17) is 0 Å². The van der Waals surface area contributed by atoms with Gasteiger partial charge in [0.15, 0.2) is 0 Å². The second-order valence-corrected chi connectivity index (χ2v) is 5.25. The largest absolute Gasteiger partial charge is 0.336 e. The van der Waals surface area contributed by atoms with Crippen LogP contribution in [0.3, 0.4) is 0 Å². The van der Waals surface area contributed by atoms with Gasteiger partial charge in [-0.05, 0) is 30.8 Å². The van der Waals surface area contributed by atoms with Gasteiger partial charge in [0.1, 0.15) is 4.88 Å². The van der Waals surface area contributed by atoms with Gasteiger partial charge in [0.25, 0.3) is 5.91 Å². The first kappa shape index (κ1) is 10.2. The quantitative estimate of drug-likeness (QED) is 0.774. The Morgan fingerprint density at radius 2 is 2.31 bits per heavy atom. The van der Waals surface area contributed by atoms with Gasteiger partial charge in [-0.2, -0.15) is 0 Å². The first-order valence-corrected chi connectivity index (χ1v) is 6.43. The predicted octanol–water partition coefficient (Wildman–Crippen LogP) is 0.505. The smallest absolute Gasteiger partial charge is 0.267 e. The Labute approximate surface area is 98.0 Å². The minimum atomic E-state index is 0.0874. The number of nitrogens with zero attached hydrogens (tertiary/aromatic N) is 3. The molecule has 86 valence electrons. The first-order chi connectivity index (χ1) is 7.83. The summed E-state index contributed by atoms with van der Waals surface area (Å²) in [6, 6.07) is 1.10. The molecule has 1 aromatic rings. The van der Waals surface area contributed by atoms with E-state index < -0.39 is 0 Å². The molecule has 2 aliphatic rings. The fourth-order valence-electron chi connectivity index (χ4n) is 2.54. The number of likely N-dealkylation sites (tertiary alicyclic amines) is 1. The van der Waals surface area contributed by atoms with E-state index in [0.29, 0.717) is 17.0 Å². The third-order valence-electron chi connectivity index (χ3n) is 3.38. The molecule has 0 spiro atoms. The van der Waals surface area contributed by atoms with E-state index >= 15 is 0 Å². The summed E-state index contributed by atoms with van der Waals surface area (Å²) in [6.07, 6.45) is 5.07. The number of carbonyl (C=O) groups excluding carboxylic acids is 1. The lowest BCUT2D eigenvalue weighted by atomic mass is 10.1. The van der Waals surface area contributed by atoms with Crippen molar-refractivity contribution in [3.8, 4) is 0 Å². The van der Waals surface area contributed by atoms with Gasteiger partial charge in [-0.25, -0.2) is 0 Å². The van der Waals surface area contributed by atoms with E-state index in [9.17, 15) is 4.79 Å². The van der Waals surface area contributed by atoms with Crippen molar-refractivity contribution in [3.63, 3.8) is 0 Å². The van der Waals surface area contributed by atoms with Gasteiger partial charge in [-0.15, -0.1) is 5.10 Å².